The molecule has 0 bridgehead atoms. The van der Waals surface area contributed by atoms with Crippen LogP contribution in [0.5, 0.6) is 0 Å². The maximum Gasteiger partial charge on any atom is 0.276 e. The summed E-state index contributed by atoms with van der Waals surface area (Å²) in [5, 5.41) is 6.74. The zero-order valence-corrected chi connectivity index (χ0v) is 17.7. The molecule has 0 fully saturated rings. The summed E-state index contributed by atoms with van der Waals surface area (Å²) in [4.78, 5) is 27.2. The van der Waals surface area contributed by atoms with Gasteiger partial charge in [-0.3, -0.25) is 9.59 Å². The summed E-state index contributed by atoms with van der Waals surface area (Å²) in [6, 6.07) is 22.4. The topological polar surface area (TPSA) is 88.6 Å². The molecular formula is C25H23N3O4. The Morgan fingerprint density at radius 1 is 1.00 bits per heavy atom. The quantitative estimate of drug-likeness (QED) is 0.453. The van der Waals surface area contributed by atoms with Crippen molar-refractivity contribution in [1.82, 2.24) is 15.4 Å². The van der Waals surface area contributed by atoms with E-state index in [0.29, 0.717) is 11.5 Å². The molecule has 0 aliphatic heterocycles. The number of nitrogens with one attached hydrogen (secondary N) is 1. The number of carbonyl (C=O) groups is 2. The van der Waals surface area contributed by atoms with Gasteiger partial charge in [-0.1, -0.05) is 59.3 Å². The molecule has 0 saturated carbocycles. The maximum absolute atomic E-state index is 13.2. The van der Waals surface area contributed by atoms with Gasteiger partial charge in [0.1, 0.15) is 12.3 Å². The van der Waals surface area contributed by atoms with Crippen LogP contribution in [-0.2, 0) is 17.9 Å². The van der Waals surface area contributed by atoms with Gasteiger partial charge < -0.3 is 19.2 Å². The van der Waals surface area contributed by atoms with E-state index in [1.807, 2.05) is 61.5 Å². The third kappa shape index (κ3) is 5.31. The van der Waals surface area contributed by atoms with Gasteiger partial charge in [-0.15, -0.1) is 0 Å². The largest absolute Gasteiger partial charge is 0.467 e. The van der Waals surface area contributed by atoms with Gasteiger partial charge in [0.15, 0.2) is 11.5 Å². The van der Waals surface area contributed by atoms with Crippen LogP contribution >= 0.6 is 0 Å². The molecule has 2 aromatic carbocycles. The molecule has 2 aromatic heterocycles. The van der Waals surface area contributed by atoms with Crippen molar-refractivity contribution in [2.45, 2.75) is 20.0 Å². The summed E-state index contributed by atoms with van der Waals surface area (Å²) in [6.07, 6.45) is 1.54. The highest BCUT2D eigenvalue weighted by Gasteiger charge is 2.23. The van der Waals surface area contributed by atoms with Crippen LogP contribution in [0.4, 0.5) is 0 Å². The Morgan fingerprint density at radius 3 is 2.59 bits per heavy atom. The summed E-state index contributed by atoms with van der Waals surface area (Å²) in [7, 11) is 0. The lowest BCUT2D eigenvalue weighted by atomic mass is 10.1. The minimum Gasteiger partial charge on any atom is -0.467 e. The molecule has 2 amide bonds. The van der Waals surface area contributed by atoms with Crippen molar-refractivity contribution in [3.63, 3.8) is 0 Å². The second-order valence-corrected chi connectivity index (χ2v) is 7.45. The Morgan fingerprint density at radius 2 is 1.84 bits per heavy atom. The fourth-order valence-electron chi connectivity index (χ4n) is 3.30. The van der Waals surface area contributed by atoms with E-state index in [0.717, 1.165) is 16.7 Å². The molecule has 4 rings (SSSR count). The van der Waals surface area contributed by atoms with Crippen LogP contribution in [0.3, 0.4) is 0 Å². The van der Waals surface area contributed by atoms with Gasteiger partial charge in [0, 0.05) is 18.2 Å². The Kier molecular flexibility index (Phi) is 6.46. The standard InChI is InChI=1S/C25H23N3O4/c1-18-7-5-10-20(13-18)23-14-22(27-32-23)25(30)28(16-19-8-3-2-4-9-19)17-24(29)26-15-21-11-6-12-31-21/h2-14H,15-17H2,1H3,(H,26,29). The van der Waals surface area contributed by atoms with Crippen LogP contribution in [0, 0.1) is 6.92 Å². The van der Waals surface area contributed by atoms with E-state index >= 15 is 0 Å². The third-order valence-corrected chi connectivity index (χ3v) is 4.91. The van der Waals surface area contributed by atoms with Gasteiger partial charge in [0.05, 0.1) is 12.8 Å². The SMILES string of the molecule is Cc1cccc(-c2cc(C(=O)N(CC(=O)NCc3ccco3)Cc3ccccc3)no2)c1. The number of benzene rings is 2. The van der Waals surface area contributed by atoms with E-state index in [1.165, 1.54) is 4.90 Å². The second kappa shape index (κ2) is 9.78. The van der Waals surface area contributed by atoms with Crippen molar-refractivity contribution in [1.29, 1.82) is 0 Å². The number of aromatic nitrogens is 1. The van der Waals surface area contributed by atoms with E-state index in [9.17, 15) is 9.59 Å². The summed E-state index contributed by atoms with van der Waals surface area (Å²) in [6.45, 7) is 2.37. The summed E-state index contributed by atoms with van der Waals surface area (Å²) in [5.41, 5.74) is 2.96. The molecule has 7 nitrogen and oxygen atoms in total. The van der Waals surface area contributed by atoms with Crippen LogP contribution in [0.2, 0.25) is 0 Å². The normalized spacial score (nSPS) is 10.7. The molecule has 32 heavy (non-hydrogen) atoms. The Hall–Kier alpha value is -4.13. The minimum atomic E-state index is -0.385. The molecule has 0 spiro atoms. The van der Waals surface area contributed by atoms with Gasteiger partial charge in [-0.2, -0.15) is 0 Å². The van der Waals surface area contributed by atoms with Gasteiger partial charge in [0.25, 0.3) is 5.91 Å². The number of furan rings is 1. The maximum atomic E-state index is 13.2. The van der Waals surface area contributed by atoms with Crippen molar-refractivity contribution >= 4 is 11.8 Å². The molecule has 0 atom stereocenters. The van der Waals surface area contributed by atoms with E-state index < -0.39 is 0 Å². The molecule has 162 valence electrons. The van der Waals surface area contributed by atoms with Crippen LogP contribution in [-0.4, -0.2) is 28.4 Å². The molecule has 0 radical (unpaired) electrons. The molecule has 0 saturated heterocycles. The molecule has 1 N–H and O–H groups in total. The number of carbonyl (C=O) groups excluding carboxylic acids is 2. The predicted octanol–water partition coefficient (Wildman–Crippen LogP) is 4.20. The molecular weight excluding hydrogens is 406 g/mol. The summed E-state index contributed by atoms with van der Waals surface area (Å²) >= 11 is 0. The van der Waals surface area contributed by atoms with E-state index in [4.69, 9.17) is 8.94 Å². The lowest BCUT2D eigenvalue weighted by Crippen LogP contribution is -2.40. The average Bonchev–Trinajstić information content (AvgIpc) is 3.50. The molecule has 4 aromatic rings. The molecule has 0 aliphatic rings. The van der Waals surface area contributed by atoms with Gasteiger partial charge >= 0.3 is 0 Å². The van der Waals surface area contributed by atoms with Crippen molar-refractivity contribution in [3.8, 4) is 11.3 Å². The first-order chi connectivity index (χ1) is 15.6. The highest BCUT2D eigenvalue weighted by atomic mass is 16.5. The van der Waals surface area contributed by atoms with E-state index in [1.54, 1.807) is 24.5 Å². The third-order valence-electron chi connectivity index (χ3n) is 4.91. The van der Waals surface area contributed by atoms with E-state index in [-0.39, 0.29) is 37.1 Å². The number of aryl methyl sites for hydroxylation is 1. The molecule has 0 unspecified atom stereocenters. The summed E-state index contributed by atoms with van der Waals surface area (Å²) in [5.74, 6) is 0.454. The van der Waals surface area contributed by atoms with Crippen molar-refractivity contribution < 1.29 is 18.5 Å². The first kappa shape index (κ1) is 21.1. The Labute approximate surface area is 185 Å². The Balaban J connectivity index is 1.51. The van der Waals surface area contributed by atoms with Gasteiger partial charge in [0.2, 0.25) is 5.91 Å². The monoisotopic (exact) mass is 429 g/mol. The smallest absolute Gasteiger partial charge is 0.276 e. The highest BCUT2D eigenvalue weighted by molar-refractivity contribution is 5.95. The fraction of sp³-hybridized carbons (Fsp3) is 0.160. The molecule has 0 aliphatic carbocycles. The van der Waals surface area contributed by atoms with Gasteiger partial charge in [-0.25, -0.2) is 0 Å². The van der Waals surface area contributed by atoms with Crippen LogP contribution in [0.15, 0.2) is 88.0 Å². The van der Waals surface area contributed by atoms with Crippen molar-refractivity contribution in [2.24, 2.45) is 0 Å². The lowest BCUT2D eigenvalue weighted by molar-refractivity contribution is -0.122. The number of hydrogen-bond donors (Lipinski definition) is 1. The zero-order chi connectivity index (χ0) is 22.3. The predicted molar refractivity (Wildman–Crippen MR) is 118 cm³/mol. The van der Waals surface area contributed by atoms with Crippen LogP contribution in [0.1, 0.15) is 27.4 Å². The highest BCUT2D eigenvalue weighted by Crippen LogP contribution is 2.22. The Bertz CT molecular complexity index is 1180. The summed E-state index contributed by atoms with van der Waals surface area (Å²) < 4.78 is 10.7. The van der Waals surface area contributed by atoms with Gasteiger partial charge in [-0.05, 0) is 30.7 Å². The van der Waals surface area contributed by atoms with E-state index in [2.05, 4.69) is 10.5 Å². The molecule has 2 heterocycles. The number of hydrogen-bond acceptors (Lipinski definition) is 5. The number of nitrogens with zero attached hydrogens (tertiary/aromatic N) is 2. The molecule has 7 heteroatoms. The van der Waals surface area contributed by atoms with Crippen molar-refractivity contribution in [2.75, 3.05) is 6.54 Å². The van der Waals surface area contributed by atoms with Crippen LogP contribution < -0.4 is 5.32 Å². The lowest BCUT2D eigenvalue weighted by Gasteiger charge is -2.21. The first-order valence-electron chi connectivity index (χ1n) is 10.2. The second-order valence-electron chi connectivity index (χ2n) is 7.45. The first-order valence-corrected chi connectivity index (χ1v) is 10.2. The van der Waals surface area contributed by atoms with Crippen LogP contribution in [0.25, 0.3) is 11.3 Å². The fourth-order valence-corrected chi connectivity index (χ4v) is 3.30. The number of amides is 2. The zero-order valence-electron chi connectivity index (χ0n) is 17.7. The average molecular weight is 429 g/mol. The number of rotatable bonds is 8. The minimum absolute atomic E-state index is 0.124. The van der Waals surface area contributed by atoms with Crippen molar-refractivity contribution in [3.05, 3.63) is 102 Å².